The van der Waals surface area contributed by atoms with Gasteiger partial charge in [0.1, 0.15) is 5.82 Å². The summed E-state index contributed by atoms with van der Waals surface area (Å²) in [7, 11) is 2.07. The summed E-state index contributed by atoms with van der Waals surface area (Å²) in [6.45, 7) is 2.90. The number of thioether (sulfide) groups is 1. The van der Waals surface area contributed by atoms with E-state index in [9.17, 15) is 0 Å². The zero-order chi connectivity index (χ0) is 13.0. The van der Waals surface area contributed by atoms with Crippen molar-refractivity contribution in [3.05, 3.63) is 53.7 Å². The van der Waals surface area contributed by atoms with Crippen LogP contribution in [0.15, 0.2) is 47.4 Å². The van der Waals surface area contributed by atoms with Crippen molar-refractivity contribution in [1.29, 1.82) is 0 Å². The minimum absolute atomic E-state index is 0.880. The molecule has 0 fully saturated rings. The van der Waals surface area contributed by atoms with Gasteiger partial charge in [0.25, 0.3) is 0 Å². The van der Waals surface area contributed by atoms with Crippen LogP contribution in [-0.2, 0) is 6.54 Å². The number of nitrogens with zero attached hydrogens (tertiary/aromatic N) is 2. The van der Waals surface area contributed by atoms with Crippen LogP contribution < -0.4 is 4.90 Å². The smallest absolute Gasteiger partial charge is 0.128 e. The first-order chi connectivity index (χ1) is 8.69. The van der Waals surface area contributed by atoms with Crippen molar-refractivity contribution in [2.45, 2.75) is 18.4 Å². The van der Waals surface area contributed by atoms with Crippen molar-refractivity contribution in [2.24, 2.45) is 0 Å². The van der Waals surface area contributed by atoms with Crippen LogP contribution in [0.1, 0.15) is 11.3 Å². The highest BCUT2D eigenvalue weighted by Crippen LogP contribution is 2.17. The molecule has 0 saturated carbocycles. The van der Waals surface area contributed by atoms with Gasteiger partial charge in [0.05, 0.1) is 0 Å². The third-order valence-corrected chi connectivity index (χ3v) is 3.59. The molecule has 0 bridgehead atoms. The molecule has 0 radical (unpaired) electrons. The van der Waals surface area contributed by atoms with Crippen molar-refractivity contribution in [3.63, 3.8) is 0 Å². The largest absolute Gasteiger partial charge is 0.355 e. The molecule has 0 N–H and O–H groups in total. The molecule has 2 rings (SSSR count). The number of hydrogen-bond acceptors (Lipinski definition) is 3. The van der Waals surface area contributed by atoms with Crippen LogP contribution in [0.3, 0.4) is 0 Å². The summed E-state index contributed by atoms with van der Waals surface area (Å²) in [5.41, 5.74) is 2.36. The number of pyridine rings is 1. The molecule has 0 aliphatic rings. The van der Waals surface area contributed by atoms with Gasteiger partial charge < -0.3 is 4.90 Å². The van der Waals surface area contributed by atoms with Crippen LogP contribution in [0.5, 0.6) is 0 Å². The van der Waals surface area contributed by atoms with E-state index in [2.05, 4.69) is 47.5 Å². The Morgan fingerprint density at radius 1 is 1.11 bits per heavy atom. The second-order valence-corrected chi connectivity index (χ2v) is 5.22. The van der Waals surface area contributed by atoms with Crippen LogP contribution >= 0.6 is 11.8 Å². The van der Waals surface area contributed by atoms with E-state index in [0.717, 1.165) is 18.1 Å². The maximum atomic E-state index is 4.52. The highest BCUT2D eigenvalue weighted by molar-refractivity contribution is 7.98. The summed E-state index contributed by atoms with van der Waals surface area (Å²) >= 11 is 1.77. The van der Waals surface area contributed by atoms with Crippen molar-refractivity contribution >= 4 is 17.6 Å². The predicted octanol–water partition coefficient (Wildman–Crippen LogP) is 3.75. The maximum absolute atomic E-state index is 4.52. The summed E-state index contributed by atoms with van der Waals surface area (Å²) in [4.78, 5) is 7.99. The third-order valence-electron chi connectivity index (χ3n) is 2.84. The lowest BCUT2D eigenvalue weighted by atomic mass is 10.2. The number of aromatic nitrogens is 1. The van der Waals surface area contributed by atoms with E-state index in [0.29, 0.717) is 0 Å². The quantitative estimate of drug-likeness (QED) is 0.777. The molecule has 1 aromatic heterocycles. The fraction of sp³-hybridized carbons (Fsp3) is 0.267. The molecular weight excluding hydrogens is 240 g/mol. The molecule has 94 valence electrons. The number of rotatable bonds is 4. The molecule has 0 atom stereocenters. The molecule has 2 nitrogen and oxygen atoms in total. The standard InChI is InChI=1S/C15H18N2S/c1-12-5-4-6-15(16-12)17(2)11-13-7-9-14(18-3)10-8-13/h4-10H,11H2,1-3H3. The van der Waals surface area contributed by atoms with Crippen molar-refractivity contribution < 1.29 is 0 Å². The second-order valence-electron chi connectivity index (χ2n) is 4.34. The van der Waals surface area contributed by atoms with E-state index in [1.165, 1.54) is 10.5 Å². The Morgan fingerprint density at radius 3 is 2.44 bits per heavy atom. The van der Waals surface area contributed by atoms with Crippen molar-refractivity contribution in [2.75, 3.05) is 18.2 Å². The Labute approximate surface area is 113 Å². The topological polar surface area (TPSA) is 16.1 Å². The van der Waals surface area contributed by atoms with Crippen molar-refractivity contribution in [3.8, 4) is 0 Å². The molecule has 3 heteroatoms. The fourth-order valence-electron chi connectivity index (χ4n) is 1.83. The van der Waals surface area contributed by atoms with Gasteiger partial charge in [-0.25, -0.2) is 4.98 Å². The van der Waals surface area contributed by atoms with Gasteiger partial charge in [-0.1, -0.05) is 18.2 Å². The van der Waals surface area contributed by atoms with Gasteiger partial charge in [0.15, 0.2) is 0 Å². The molecule has 0 unspecified atom stereocenters. The van der Waals surface area contributed by atoms with Crippen molar-refractivity contribution in [1.82, 2.24) is 4.98 Å². The molecule has 0 amide bonds. The van der Waals surface area contributed by atoms with Gasteiger partial charge in [-0.2, -0.15) is 0 Å². The summed E-state index contributed by atoms with van der Waals surface area (Å²) in [6.07, 6.45) is 2.10. The third kappa shape index (κ3) is 3.26. The lowest BCUT2D eigenvalue weighted by Crippen LogP contribution is -2.17. The number of hydrogen-bond donors (Lipinski definition) is 0. The molecule has 0 aliphatic heterocycles. The molecular formula is C15H18N2S. The van der Waals surface area contributed by atoms with E-state index in [1.54, 1.807) is 11.8 Å². The first-order valence-corrected chi connectivity index (χ1v) is 7.19. The van der Waals surface area contributed by atoms with E-state index in [4.69, 9.17) is 0 Å². The van der Waals surface area contributed by atoms with Gasteiger partial charge in [-0.3, -0.25) is 0 Å². The number of anilines is 1. The lowest BCUT2D eigenvalue weighted by Gasteiger charge is -2.18. The first-order valence-electron chi connectivity index (χ1n) is 5.97. The zero-order valence-electron chi connectivity index (χ0n) is 11.1. The van der Waals surface area contributed by atoms with E-state index >= 15 is 0 Å². The highest BCUT2D eigenvalue weighted by atomic mass is 32.2. The monoisotopic (exact) mass is 258 g/mol. The molecule has 1 heterocycles. The zero-order valence-corrected chi connectivity index (χ0v) is 11.9. The average Bonchev–Trinajstić information content (AvgIpc) is 2.39. The Kier molecular flexibility index (Phi) is 4.26. The second kappa shape index (κ2) is 5.91. The first kappa shape index (κ1) is 13.0. The van der Waals surface area contributed by atoms with Crippen LogP contribution in [0.2, 0.25) is 0 Å². The van der Waals surface area contributed by atoms with Gasteiger partial charge in [0, 0.05) is 24.2 Å². The molecule has 2 aromatic rings. The predicted molar refractivity (Wildman–Crippen MR) is 79.3 cm³/mol. The Hall–Kier alpha value is -1.48. The van der Waals surface area contributed by atoms with Gasteiger partial charge in [0.2, 0.25) is 0 Å². The fourth-order valence-corrected chi connectivity index (χ4v) is 2.24. The van der Waals surface area contributed by atoms with Gasteiger partial charge in [-0.15, -0.1) is 11.8 Å². The minimum Gasteiger partial charge on any atom is -0.355 e. The van der Waals surface area contributed by atoms with Gasteiger partial charge >= 0.3 is 0 Å². The Morgan fingerprint density at radius 2 is 1.83 bits per heavy atom. The highest BCUT2D eigenvalue weighted by Gasteiger charge is 2.03. The van der Waals surface area contributed by atoms with Crippen LogP contribution in [0, 0.1) is 6.92 Å². The van der Waals surface area contributed by atoms with Gasteiger partial charge in [-0.05, 0) is 43.0 Å². The van der Waals surface area contributed by atoms with Crippen LogP contribution in [-0.4, -0.2) is 18.3 Å². The Balaban J connectivity index is 2.08. The molecule has 1 aromatic carbocycles. The molecule has 0 aliphatic carbocycles. The average molecular weight is 258 g/mol. The number of benzene rings is 1. The molecule has 0 saturated heterocycles. The summed E-state index contributed by atoms with van der Waals surface area (Å²) < 4.78 is 0. The lowest BCUT2D eigenvalue weighted by molar-refractivity contribution is 0.891. The number of aryl methyl sites for hydroxylation is 1. The van der Waals surface area contributed by atoms with E-state index in [1.807, 2.05) is 25.1 Å². The summed E-state index contributed by atoms with van der Waals surface area (Å²) in [5.74, 6) is 1.02. The molecule has 18 heavy (non-hydrogen) atoms. The Bertz CT molecular complexity index is 508. The maximum Gasteiger partial charge on any atom is 0.128 e. The summed E-state index contributed by atoms with van der Waals surface area (Å²) in [5, 5.41) is 0. The molecule has 0 spiro atoms. The normalized spacial score (nSPS) is 10.4. The summed E-state index contributed by atoms with van der Waals surface area (Å²) in [6, 6.07) is 14.8. The van der Waals surface area contributed by atoms with E-state index in [-0.39, 0.29) is 0 Å². The van der Waals surface area contributed by atoms with E-state index < -0.39 is 0 Å². The van der Waals surface area contributed by atoms with Crippen LogP contribution in [0.25, 0.3) is 0 Å². The SMILES string of the molecule is CSc1ccc(CN(C)c2cccc(C)n2)cc1. The van der Waals surface area contributed by atoms with Crippen LogP contribution in [0.4, 0.5) is 5.82 Å². The minimum atomic E-state index is 0.880.